The first kappa shape index (κ1) is 19.8. The molecule has 0 aromatic heterocycles. The Bertz CT molecular complexity index is 906. The van der Waals surface area contributed by atoms with E-state index in [1.807, 2.05) is 39.8 Å². The Kier molecular flexibility index (Phi) is 5.37. The standard InChI is InChI=1S/C22H26N2O4/c1-5-26-13-7-8-14(17(9-13)27-6-2)19-15(12-23)21(24)28-18-11-22(3,4)10-16(25)20(18)19/h7-9,19H,5-6,10-11,24H2,1-4H3. The zero-order valence-electron chi connectivity index (χ0n) is 16.8. The molecule has 1 aromatic rings. The summed E-state index contributed by atoms with van der Waals surface area (Å²) in [7, 11) is 0. The highest BCUT2D eigenvalue weighted by Crippen LogP contribution is 2.49. The molecule has 1 unspecified atom stereocenters. The molecule has 28 heavy (non-hydrogen) atoms. The molecule has 0 radical (unpaired) electrons. The Morgan fingerprint density at radius 1 is 1.25 bits per heavy atom. The minimum absolute atomic E-state index is 0.0205. The molecule has 2 N–H and O–H groups in total. The average molecular weight is 382 g/mol. The van der Waals surface area contributed by atoms with Gasteiger partial charge in [0.2, 0.25) is 5.88 Å². The number of hydrogen-bond donors (Lipinski definition) is 1. The van der Waals surface area contributed by atoms with Crippen LogP contribution in [0.3, 0.4) is 0 Å². The van der Waals surface area contributed by atoms with Crippen LogP contribution in [0, 0.1) is 16.7 Å². The molecule has 0 fully saturated rings. The molecule has 6 heteroatoms. The summed E-state index contributed by atoms with van der Waals surface area (Å²) in [6.45, 7) is 8.81. The van der Waals surface area contributed by atoms with E-state index in [-0.39, 0.29) is 22.7 Å². The van der Waals surface area contributed by atoms with E-state index in [9.17, 15) is 10.1 Å². The molecule has 1 heterocycles. The summed E-state index contributed by atoms with van der Waals surface area (Å²) < 4.78 is 17.2. The third kappa shape index (κ3) is 3.57. The topological polar surface area (TPSA) is 94.6 Å². The zero-order valence-corrected chi connectivity index (χ0v) is 16.8. The van der Waals surface area contributed by atoms with Gasteiger partial charge in [0, 0.05) is 30.0 Å². The SMILES string of the molecule is CCOc1ccc(C2C(C#N)=C(N)OC3=C2C(=O)CC(C)(C)C3)c(OCC)c1. The quantitative estimate of drug-likeness (QED) is 0.829. The average Bonchev–Trinajstić information content (AvgIpc) is 2.60. The number of nitrogens with zero attached hydrogens (tertiary/aromatic N) is 1. The van der Waals surface area contributed by atoms with Gasteiger partial charge in [0.15, 0.2) is 5.78 Å². The van der Waals surface area contributed by atoms with Crippen molar-refractivity contribution in [2.75, 3.05) is 13.2 Å². The van der Waals surface area contributed by atoms with E-state index in [4.69, 9.17) is 19.9 Å². The van der Waals surface area contributed by atoms with Crippen LogP contribution in [0.25, 0.3) is 0 Å². The molecule has 3 rings (SSSR count). The number of carbonyl (C=O) groups is 1. The number of ketones is 1. The highest BCUT2D eigenvalue weighted by atomic mass is 16.5. The predicted molar refractivity (Wildman–Crippen MR) is 104 cm³/mol. The van der Waals surface area contributed by atoms with Gasteiger partial charge in [0.25, 0.3) is 0 Å². The van der Waals surface area contributed by atoms with E-state index in [0.717, 1.165) is 0 Å². The summed E-state index contributed by atoms with van der Waals surface area (Å²) in [6.07, 6.45) is 0.982. The number of carbonyl (C=O) groups excluding carboxylic acids is 1. The minimum atomic E-state index is -0.602. The second-order valence-corrected chi connectivity index (χ2v) is 7.77. The summed E-state index contributed by atoms with van der Waals surface area (Å²) in [5, 5.41) is 9.76. The van der Waals surface area contributed by atoms with Crippen molar-refractivity contribution in [1.82, 2.24) is 0 Å². The summed E-state index contributed by atoms with van der Waals surface area (Å²) in [6, 6.07) is 7.59. The maximum absolute atomic E-state index is 13.1. The molecule has 0 amide bonds. The van der Waals surface area contributed by atoms with Gasteiger partial charge in [-0.2, -0.15) is 5.26 Å². The van der Waals surface area contributed by atoms with Crippen LogP contribution in [0.2, 0.25) is 0 Å². The lowest BCUT2D eigenvalue weighted by atomic mass is 9.70. The zero-order chi connectivity index (χ0) is 20.5. The highest BCUT2D eigenvalue weighted by molar-refractivity contribution is 6.00. The monoisotopic (exact) mass is 382 g/mol. The van der Waals surface area contributed by atoms with E-state index < -0.39 is 5.92 Å². The lowest BCUT2D eigenvalue weighted by molar-refractivity contribution is -0.119. The van der Waals surface area contributed by atoms with Crippen LogP contribution in [0.5, 0.6) is 11.5 Å². The number of rotatable bonds is 5. The third-order valence-electron chi connectivity index (χ3n) is 4.98. The lowest BCUT2D eigenvalue weighted by Crippen LogP contribution is -2.33. The Labute approximate surface area is 165 Å². The molecule has 0 saturated heterocycles. The fourth-order valence-electron chi connectivity index (χ4n) is 3.89. The van der Waals surface area contributed by atoms with E-state index in [1.165, 1.54) is 0 Å². The van der Waals surface area contributed by atoms with Crippen molar-refractivity contribution in [3.8, 4) is 17.6 Å². The Morgan fingerprint density at radius 3 is 2.61 bits per heavy atom. The molecular formula is C22H26N2O4. The first-order chi connectivity index (χ1) is 13.3. The fourth-order valence-corrected chi connectivity index (χ4v) is 3.89. The number of nitrogens with two attached hydrogens (primary N) is 1. The Hall–Kier alpha value is -2.94. The lowest BCUT2D eigenvalue weighted by Gasteiger charge is -2.37. The molecule has 0 spiro atoms. The smallest absolute Gasteiger partial charge is 0.205 e. The summed E-state index contributed by atoms with van der Waals surface area (Å²) in [5.74, 6) is 1.22. The third-order valence-corrected chi connectivity index (χ3v) is 4.98. The van der Waals surface area contributed by atoms with Crippen molar-refractivity contribution < 1.29 is 19.0 Å². The molecular weight excluding hydrogens is 356 g/mol. The van der Waals surface area contributed by atoms with Gasteiger partial charge in [-0.05, 0) is 25.3 Å². The van der Waals surface area contributed by atoms with Gasteiger partial charge >= 0.3 is 0 Å². The molecule has 0 saturated carbocycles. The fraction of sp³-hybridized carbons (Fsp3) is 0.455. The Morgan fingerprint density at radius 2 is 1.96 bits per heavy atom. The van der Waals surface area contributed by atoms with Gasteiger partial charge in [-0.25, -0.2) is 0 Å². The van der Waals surface area contributed by atoms with E-state index in [2.05, 4.69) is 6.07 Å². The van der Waals surface area contributed by atoms with E-state index in [0.29, 0.717) is 54.5 Å². The second-order valence-electron chi connectivity index (χ2n) is 7.77. The molecule has 0 bridgehead atoms. The van der Waals surface area contributed by atoms with Crippen molar-refractivity contribution in [3.05, 3.63) is 46.6 Å². The van der Waals surface area contributed by atoms with Gasteiger partial charge in [-0.3, -0.25) is 4.79 Å². The summed E-state index contributed by atoms with van der Waals surface area (Å²) in [5.41, 5.74) is 7.33. The highest BCUT2D eigenvalue weighted by Gasteiger charge is 2.43. The van der Waals surface area contributed by atoms with Crippen LogP contribution in [0.15, 0.2) is 41.0 Å². The van der Waals surface area contributed by atoms with Crippen LogP contribution in [0.1, 0.15) is 52.0 Å². The van der Waals surface area contributed by atoms with Gasteiger partial charge in [-0.1, -0.05) is 19.9 Å². The van der Waals surface area contributed by atoms with Crippen molar-refractivity contribution in [2.45, 2.75) is 46.5 Å². The van der Waals surface area contributed by atoms with Crippen molar-refractivity contribution >= 4 is 5.78 Å². The maximum atomic E-state index is 13.1. The molecule has 1 atom stereocenters. The summed E-state index contributed by atoms with van der Waals surface area (Å²) in [4.78, 5) is 13.1. The molecule has 1 aliphatic carbocycles. The van der Waals surface area contributed by atoms with E-state index >= 15 is 0 Å². The maximum Gasteiger partial charge on any atom is 0.205 e. The van der Waals surface area contributed by atoms with E-state index in [1.54, 1.807) is 6.07 Å². The number of benzene rings is 1. The van der Waals surface area contributed by atoms with Crippen LogP contribution in [-0.2, 0) is 9.53 Å². The van der Waals surface area contributed by atoms with Gasteiger partial charge in [0.05, 0.1) is 19.1 Å². The second kappa shape index (κ2) is 7.59. The van der Waals surface area contributed by atoms with Crippen molar-refractivity contribution in [1.29, 1.82) is 5.26 Å². The van der Waals surface area contributed by atoms with Gasteiger partial charge in [0.1, 0.15) is 28.9 Å². The van der Waals surface area contributed by atoms with Crippen LogP contribution < -0.4 is 15.2 Å². The Balaban J connectivity index is 2.19. The largest absolute Gasteiger partial charge is 0.494 e. The van der Waals surface area contributed by atoms with Crippen LogP contribution in [-0.4, -0.2) is 19.0 Å². The number of allylic oxidation sites excluding steroid dienone is 3. The summed E-state index contributed by atoms with van der Waals surface area (Å²) >= 11 is 0. The number of ether oxygens (including phenoxy) is 3. The first-order valence-corrected chi connectivity index (χ1v) is 9.54. The van der Waals surface area contributed by atoms with Gasteiger partial charge < -0.3 is 19.9 Å². The van der Waals surface area contributed by atoms with Crippen molar-refractivity contribution in [3.63, 3.8) is 0 Å². The normalized spacial score (nSPS) is 21.0. The number of hydrogen-bond acceptors (Lipinski definition) is 6. The molecule has 1 aromatic carbocycles. The molecule has 6 nitrogen and oxygen atoms in total. The van der Waals surface area contributed by atoms with Crippen LogP contribution in [0.4, 0.5) is 0 Å². The minimum Gasteiger partial charge on any atom is -0.494 e. The number of Topliss-reactive ketones (excluding diaryl/α,β-unsaturated/α-hetero) is 1. The van der Waals surface area contributed by atoms with Gasteiger partial charge in [-0.15, -0.1) is 0 Å². The first-order valence-electron chi connectivity index (χ1n) is 9.54. The molecule has 1 aliphatic heterocycles. The molecule has 148 valence electrons. The molecule has 2 aliphatic rings. The number of nitriles is 1. The van der Waals surface area contributed by atoms with Crippen molar-refractivity contribution in [2.24, 2.45) is 11.1 Å². The van der Waals surface area contributed by atoms with Crippen LogP contribution >= 0.6 is 0 Å². The predicted octanol–water partition coefficient (Wildman–Crippen LogP) is 3.93.